The number of hydrogen-bond acceptors (Lipinski definition) is 7. The molecule has 0 aliphatic carbocycles. The van der Waals surface area contributed by atoms with Gasteiger partial charge in [0.05, 0.1) is 40.3 Å². The number of ether oxygens (including phenoxy) is 3. The highest BCUT2D eigenvalue weighted by Crippen LogP contribution is 2.14. The van der Waals surface area contributed by atoms with Crippen LogP contribution in [-0.2, 0) is 28.6 Å². The number of nitrogens with zero attached hydrogens (tertiary/aromatic N) is 1. The third kappa shape index (κ3) is 38.8. The Balaban J connectivity index is 4.31. The Hall–Kier alpha value is -2.45. The van der Waals surface area contributed by atoms with Gasteiger partial charge in [0.2, 0.25) is 0 Å². The van der Waals surface area contributed by atoms with Gasteiger partial charge in [-0.2, -0.15) is 0 Å². The summed E-state index contributed by atoms with van der Waals surface area (Å²) in [5.41, 5.74) is 0. The van der Waals surface area contributed by atoms with Crippen molar-refractivity contribution in [1.29, 1.82) is 0 Å². The zero-order chi connectivity index (χ0) is 42.1. The molecule has 57 heavy (non-hydrogen) atoms. The Kier molecular flexibility index (Phi) is 38.6. The van der Waals surface area contributed by atoms with Crippen molar-refractivity contribution < 1.29 is 38.2 Å². The summed E-state index contributed by atoms with van der Waals surface area (Å²) in [5.74, 6) is -1.82. The highest BCUT2D eigenvalue weighted by molar-refractivity contribution is 5.70. The van der Waals surface area contributed by atoms with E-state index in [1.807, 2.05) is 6.08 Å². The smallest absolute Gasteiger partial charge is 0.306 e. The molecular weight excluding hydrogens is 715 g/mol. The van der Waals surface area contributed by atoms with E-state index in [2.05, 4.69) is 44.2 Å². The number of esters is 2. The van der Waals surface area contributed by atoms with E-state index in [1.165, 1.54) is 135 Å². The van der Waals surface area contributed by atoms with Gasteiger partial charge in [0.1, 0.15) is 12.6 Å². The number of carbonyl (C=O) groups excluding carboxylic acids is 3. The molecule has 0 saturated heterocycles. The summed E-state index contributed by atoms with van der Waals surface area (Å²) >= 11 is 0. The van der Waals surface area contributed by atoms with Gasteiger partial charge >= 0.3 is 11.9 Å². The van der Waals surface area contributed by atoms with Crippen LogP contribution in [0.1, 0.15) is 206 Å². The summed E-state index contributed by atoms with van der Waals surface area (Å²) in [6.07, 6.45) is 46.2. The zero-order valence-corrected chi connectivity index (χ0v) is 37.8. The molecule has 8 heteroatoms. The number of rotatable bonds is 42. The number of likely N-dealkylation sites (N-methyl/N-ethyl adjacent to an activating group) is 1. The van der Waals surface area contributed by atoms with E-state index >= 15 is 0 Å². The highest BCUT2D eigenvalue weighted by atomic mass is 16.6. The topological polar surface area (TPSA) is 102 Å². The Morgan fingerprint density at radius 3 is 1.44 bits per heavy atom. The number of quaternary nitrogens is 1. The second kappa shape index (κ2) is 40.3. The standard InChI is InChI=1S/C49H89NO7/c1-6-8-10-12-14-16-18-20-21-22-23-24-25-26-28-29-31-33-35-37-39-47(51)56-44-45(43-55-42-41-46(49(53)54)50(3,4)5)57-48(52)40-38-36-34-32-30-27-19-17-15-13-11-9-7-2/h23-24,27,30,34,36,45-46H,6-22,25-26,28-29,31-33,35,37-44H2,1-5H3/b24-23+,30-27+,36-34+. The highest BCUT2D eigenvalue weighted by Gasteiger charge is 2.25. The van der Waals surface area contributed by atoms with Crippen molar-refractivity contribution in [2.24, 2.45) is 0 Å². The lowest BCUT2D eigenvalue weighted by atomic mass is 10.1. The number of unbranched alkanes of at least 4 members (excludes halogenated alkanes) is 22. The lowest BCUT2D eigenvalue weighted by Gasteiger charge is -2.34. The monoisotopic (exact) mass is 804 g/mol. The molecule has 8 nitrogen and oxygen atoms in total. The molecule has 2 unspecified atom stereocenters. The zero-order valence-electron chi connectivity index (χ0n) is 37.8. The first-order valence-electron chi connectivity index (χ1n) is 23.5. The molecule has 0 rings (SSSR count). The average molecular weight is 804 g/mol. The van der Waals surface area contributed by atoms with E-state index in [0.29, 0.717) is 12.8 Å². The van der Waals surface area contributed by atoms with E-state index in [4.69, 9.17) is 14.2 Å². The van der Waals surface area contributed by atoms with Gasteiger partial charge in [-0.25, -0.2) is 0 Å². The van der Waals surface area contributed by atoms with Crippen molar-refractivity contribution in [3.63, 3.8) is 0 Å². The molecule has 0 radical (unpaired) electrons. The van der Waals surface area contributed by atoms with Crippen LogP contribution in [0.3, 0.4) is 0 Å². The molecule has 0 aromatic carbocycles. The summed E-state index contributed by atoms with van der Waals surface area (Å²) in [7, 11) is 5.39. The van der Waals surface area contributed by atoms with Crippen molar-refractivity contribution in [3.05, 3.63) is 36.5 Å². The van der Waals surface area contributed by atoms with Gasteiger partial charge in [0, 0.05) is 19.3 Å². The normalized spacial score (nSPS) is 13.2. The summed E-state index contributed by atoms with van der Waals surface area (Å²) in [6.45, 7) is 4.60. The van der Waals surface area contributed by atoms with E-state index in [-0.39, 0.29) is 49.1 Å². The Morgan fingerprint density at radius 2 is 0.965 bits per heavy atom. The quantitative estimate of drug-likeness (QED) is 0.0262. The predicted octanol–water partition coefficient (Wildman–Crippen LogP) is 11.7. The lowest BCUT2D eigenvalue weighted by molar-refractivity contribution is -0.889. The molecule has 0 saturated carbocycles. The molecular formula is C49H89NO7. The third-order valence-electron chi connectivity index (χ3n) is 10.5. The molecule has 2 atom stereocenters. The van der Waals surface area contributed by atoms with Crippen LogP contribution in [0.25, 0.3) is 0 Å². The van der Waals surface area contributed by atoms with Crippen LogP contribution >= 0.6 is 0 Å². The molecule has 0 bridgehead atoms. The maximum absolute atomic E-state index is 12.7. The molecule has 0 aliphatic heterocycles. The predicted molar refractivity (Wildman–Crippen MR) is 236 cm³/mol. The van der Waals surface area contributed by atoms with E-state index in [0.717, 1.165) is 32.1 Å². The largest absolute Gasteiger partial charge is 0.544 e. The van der Waals surface area contributed by atoms with E-state index in [9.17, 15) is 19.5 Å². The average Bonchev–Trinajstić information content (AvgIpc) is 3.17. The van der Waals surface area contributed by atoms with Crippen LogP contribution in [0.2, 0.25) is 0 Å². The fourth-order valence-corrected chi connectivity index (χ4v) is 6.82. The van der Waals surface area contributed by atoms with Gasteiger partial charge in [-0.05, 0) is 57.8 Å². The van der Waals surface area contributed by atoms with E-state index < -0.39 is 18.1 Å². The minimum absolute atomic E-state index is 0.0181. The first-order valence-corrected chi connectivity index (χ1v) is 23.5. The maximum atomic E-state index is 12.7. The van der Waals surface area contributed by atoms with Crippen molar-refractivity contribution in [3.8, 4) is 0 Å². The number of carbonyl (C=O) groups is 3. The molecule has 0 aromatic heterocycles. The Labute approximate surface area is 351 Å². The number of hydrogen-bond donors (Lipinski definition) is 0. The Bertz CT molecular complexity index is 1030. The van der Waals surface area contributed by atoms with Crippen LogP contribution in [0.4, 0.5) is 0 Å². The summed E-state index contributed by atoms with van der Waals surface area (Å²) in [5, 5.41) is 11.6. The second-order valence-electron chi connectivity index (χ2n) is 17.0. The van der Waals surface area contributed by atoms with Crippen LogP contribution in [0, 0.1) is 0 Å². The van der Waals surface area contributed by atoms with Crippen molar-refractivity contribution in [2.75, 3.05) is 41.0 Å². The fraction of sp³-hybridized carbons (Fsp3) is 0.816. The summed E-state index contributed by atoms with van der Waals surface area (Å²) < 4.78 is 17.1. The molecule has 0 spiro atoms. The molecule has 0 aliphatic rings. The van der Waals surface area contributed by atoms with Crippen LogP contribution in [0.5, 0.6) is 0 Å². The Morgan fingerprint density at radius 1 is 0.526 bits per heavy atom. The van der Waals surface area contributed by atoms with Gasteiger partial charge in [-0.1, -0.05) is 166 Å². The van der Waals surface area contributed by atoms with Crippen LogP contribution < -0.4 is 5.11 Å². The number of carboxylic acids is 1. The fourth-order valence-electron chi connectivity index (χ4n) is 6.82. The molecule has 0 N–H and O–H groups in total. The molecule has 0 heterocycles. The molecule has 332 valence electrons. The second-order valence-corrected chi connectivity index (χ2v) is 17.0. The van der Waals surface area contributed by atoms with Gasteiger partial charge < -0.3 is 28.6 Å². The molecule has 0 aromatic rings. The summed E-state index contributed by atoms with van der Waals surface area (Å²) in [6, 6.07) is -0.734. The van der Waals surface area contributed by atoms with Crippen molar-refractivity contribution in [1.82, 2.24) is 0 Å². The lowest BCUT2D eigenvalue weighted by Crippen LogP contribution is -2.55. The first kappa shape index (κ1) is 54.6. The molecule has 0 amide bonds. The van der Waals surface area contributed by atoms with Crippen molar-refractivity contribution >= 4 is 17.9 Å². The minimum atomic E-state index is -1.13. The minimum Gasteiger partial charge on any atom is -0.544 e. The van der Waals surface area contributed by atoms with E-state index in [1.54, 1.807) is 21.1 Å². The SMILES string of the molecule is CCCCCCCC/C=C/C/C=C/CCC(=O)OC(COCCC(C(=O)[O-])[N+](C)(C)C)COC(=O)CCCCCCCCC/C=C/CCCCCCCCCCC. The molecule has 0 fully saturated rings. The van der Waals surface area contributed by atoms with Gasteiger partial charge in [-0.3, -0.25) is 9.59 Å². The number of allylic oxidation sites excluding steroid dienone is 6. The van der Waals surface area contributed by atoms with Gasteiger partial charge in [-0.15, -0.1) is 0 Å². The number of aliphatic carboxylic acids is 1. The first-order chi connectivity index (χ1) is 27.6. The van der Waals surface area contributed by atoms with Gasteiger partial charge in [0.25, 0.3) is 0 Å². The van der Waals surface area contributed by atoms with Crippen LogP contribution in [0.15, 0.2) is 36.5 Å². The summed E-state index contributed by atoms with van der Waals surface area (Å²) in [4.78, 5) is 36.8. The third-order valence-corrected chi connectivity index (χ3v) is 10.5. The number of carboxylic acid groups (broad SMARTS) is 1. The van der Waals surface area contributed by atoms with Crippen molar-refractivity contribution in [2.45, 2.75) is 219 Å². The maximum Gasteiger partial charge on any atom is 0.306 e. The van der Waals surface area contributed by atoms with Crippen LogP contribution in [-0.4, -0.2) is 75.5 Å². The van der Waals surface area contributed by atoms with Gasteiger partial charge in [0.15, 0.2) is 6.10 Å².